The van der Waals surface area contributed by atoms with Crippen LogP contribution in [0.3, 0.4) is 0 Å². The van der Waals surface area contributed by atoms with Gasteiger partial charge >= 0.3 is 0 Å². The molecule has 0 saturated carbocycles. The van der Waals surface area contributed by atoms with Gasteiger partial charge in [-0.1, -0.05) is 30.3 Å². The lowest BCUT2D eigenvalue weighted by Gasteiger charge is -2.23. The summed E-state index contributed by atoms with van der Waals surface area (Å²) in [6.07, 6.45) is 2.60. The molecular formula is C22H23NO3S. The SMILES string of the molecule is CCOc1ccc2ccccc2c1C(=O)N1CCSC(c2ccco2)CC1. The summed E-state index contributed by atoms with van der Waals surface area (Å²) in [5.41, 5.74) is 0.677. The van der Waals surface area contributed by atoms with E-state index in [2.05, 4.69) is 0 Å². The van der Waals surface area contributed by atoms with E-state index in [-0.39, 0.29) is 5.91 Å². The van der Waals surface area contributed by atoms with Crippen molar-refractivity contribution in [2.75, 3.05) is 25.4 Å². The average Bonchev–Trinajstić information content (AvgIpc) is 3.12. The zero-order valence-electron chi connectivity index (χ0n) is 15.4. The Labute approximate surface area is 163 Å². The summed E-state index contributed by atoms with van der Waals surface area (Å²) in [5, 5.41) is 2.31. The van der Waals surface area contributed by atoms with Crippen LogP contribution in [-0.4, -0.2) is 36.3 Å². The van der Waals surface area contributed by atoms with Crippen molar-refractivity contribution in [2.45, 2.75) is 18.6 Å². The molecule has 1 aliphatic heterocycles. The Morgan fingerprint density at radius 3 is 2.89 bits per heavy atom. The molecule has 27 heavy (non-hydrogen) atoms. The van der Waals surface area contributed by atoms with Crippen LogP contribution in [0.15, 0.2) is 59.2 Å². The number of hydrogen-bond donors (Lipinski definition) is 0. The number of carbonyl (C=O) groups excluding carboxylic acids is 1. The van der Waals surface area contributed by atoms with Gasteiger partial charge in [0.1, 0.15) is 11.5 Å². The second-order valence-electron chi connectivity index (χ2n) is 6.55. The van der Waals surface area contributed by atoms with Crippen LogP contribution >= 0.6 is 11.8 Å². The first-order valence-corrected chi connectivity index (χ1v) is 10.4. The fraction of sp³-hybridized carbons (Fsp3) is 0.318. The van der Waals surface area contributed by atoms with Crippen molar-refractivity contribution < 1.29 is 13.9 Å². The lowest BCUT2D eigenvalue weighted by Crippen LogP contribution is -2.33. The average molecular weight is 381 g/mol. The maximum atomic E-state index is 13.5. The van der Waals surface area contributed by atoms with E-state index in [9.17, 15) is 4.79 Å². The number of rotatable bonds is 4. The number of thioether (sulfide) groups is 1. The maximum Gasteiger partial charge on any atom is 0.258 e. The number of furan rings is 1. The van der Waals surface area contributed by atoms with E-state index in [1.807, 2.05) is 72.1 Å². The zero-order valence-corrected chi connectivity index (χ0v) is 16.2. The monoisotopic (exact) mass is 381 g/mol. The molecule has 1 saturated heterocycles. The highest BCUT2D eigenvalue weighted by molar-refractivity contribution is 7.99. The molecule has 4 rings (SSSR count). The lowest BCUT2D eigenvalue weighted by atomic mass is 10.0. The van der Waals surface area contributed by atoms with Crippen LogP contribution in [0.5, 0.6) is 5.75 Å². The topological polar surface area (TPSA) is 42.7 Å². The predicted octanol–water partition coefficient (Wildman–Crippen LogP) is 5.15. The smallest absolute Gasteiger partial charge is 0.258 e. The van der Waals surface area contributed by atoms with Crippen molar-refractivity contribution >= 4 is 28.4 Å². The number of fused-ring (bicyclic) bond motifs is 1. The minimum absolute atomic E-state index is 0.0518. The Balaban J connectivity index is 1.63. The summed E-state index contributed by atoms with van der Waals surface area (Å²) < 4.78 is 11.4. The summed E-state index contributed by atoms with van der Waals surface area (Å²) >= 11 is 1.86. The van der Waals surface area contributed by atoms with Gasteiger partial charge in [0.15, 0.2) is 0 Å². The second-order valence-corrected chi connectivity index (χ2v) is 7.86. The zero-order chi connectivity index (χ0) is 18.6. The van der Waals surface area contributed by atoms with Crippen molar-refractivity contribution in [2.24, 2.45) is 0 Å². The van der Waals surface area contributed by atoms with Crippen molar-refractivity contribution in [1.82, 2.24) is 4.90 Å². The molecule has 1 aliphatic rings. The molecule has 3 aromatic rings. The molecule has 0 aliphatic carbocycles. The first kappa shape index (κ1) is 18.0. The van der Waals surface area contributed by atoms with E-state index in [0.717, 1.165) is 35.3 Å². The second kappa shape index (κ2) is 8.09. The van der Waals surface area contributed by atoms with Gasteiger partial charge in [0.25, 0.3) is 5.91 Å². The molecule has 0 spiro atoms. The van der Waals surface area contributed by atoms with Gasteiger partial charge in [0.2, 0.25) is 0 Å². The Bertz CT molecular complexity index is 922. The summed E-state index contributed by atoms with van der Waals surface area (Å²) in [6.45, 7) is 3.93. The molecule has 0 bridgehead atoms. The standard InChI is InChI=1S/C22H23NO3S/c1-2-25-19-10-9-16-6-3-4-7-17(16)21(19)22(24)23-12-11-20(27-15-13-23)18-8-5-14-26-18/h3-10,14,20H,2,11-13,15H2,1H3. The number of ether oxygens (including phenoxy) is 1. The fourth-order valence-electron chi connectivity index (χ4n) is 3.58. The molecule has 1 aromatic heterocycles. The van der Waals surface area contributed by atoms with Crippen LogP contribution in [-0.2, 0) is 0 Å². The van der Waals surface area contributed by atoms with Crippen molar-refractivity contribution in [3.63, 3.8) is 0 Å². The van der Waals surface area contributed by atoms with E-state index < -0.39 is 0 Å². The van der Waals surface area contributed by atoms with Gasteiger partial charge in [-0.25, -0.2) is 0 Å². The van der Waals surface area contributed by atoms with Gasteiger partial charge in [0, 0.05) is 18.8 Å². The third-order valence-corrected chi connectivity index (χ3v) is 6.18. The molecule has 2 aromatic carbocycles. The lowest BCUT2D eigenvalue weighted by molar-refractivity contribution is 0.0764. The normalized spacial score (nSPS) is 17.7. The molecule has 1 atom stereocenters. The first-order chi connectivity index (χ1) is 13.3. The van der Waals surface area contributed by atoms with Gasteiger partial charge in [0.05, 0.1) is 23.7 Å². The predicted molar refractivity (Wildman–Crippen MR) is 110 cm³/mol. The maximum absolute atomic E-state index is 13.5. The van der Waals surface area contributed by atoms with Crippen LogP contribution in [0.25, 0.3) is 10.8 Å². The fourth-order valence-corrected chi connectivity index (χ4v) is 4.76. The largest absolute Gasteiger partial charge is 0.493 e. The van der Waals surface area contributed by atoms with E-state index in [0.29, 0.717) is 29.7 Å². The van der Waals surface area contributed by atoms with Gasteiger partial charge < -0.3 is 14.1 Å². The Kier molecular flexibility index (Phi) is 5.39. The Morgan fingerprint density at radius 2 is 2.07 bits per heavy atom. The van der Waals surface area contributed by atoms with Crippen molar-refractivity contribution in [3.05, 3.63) is 66.1 Å². The highest BCUT2D eigenvalue weighted by Crippen LogP contribution is 2.36. The van der Waals surface area contributed by atoms with E-state index in [4.69, 9.17) is 9.15 Å². The Morgan fingerprint density at radius 1 is 1.19 bits per heavy atom. The highest BCUT2D eigenvalue weighted by atomic mass is 32.2. The van der Waals surface area contributed by atoms with Crippen LogP contribution in [0.2, 0.25) is 0 Å². The molecule has 140 valence electrons. The van der Waals surface area contributed by atoms with Gasteiger partial charge in [-0.3, -0.25) is 4.79 Å². The minimum atomic E-state index is 0.0518. The summed E-state index contributed by atoms with van der Waals surface area (Å²) in [5.74, 6) is 2.61. The van der Waals surface area contributed by atoms with Crippen molar-refractivity contribution in [1.29, 1.82) is 0 Å². The molecule has 0 N–H and O–H groups in total. The summed E-state index contributed by atoms with van der Waals surface area (Å²) in [7, 11) is 0. The first-order valence-electron chi connectivity index (χ1n) is 9.36. The molecular weight excluding hydrogens is 358 g/mol. The molecule has 1 amide bonds. The minimum Gasteiger partial charge on any atom is -0.493 e. The number of amides is 1. The molecule has 4 nitrogen and oxygen atoms in total. The molecule has 1 fully saturated rings. The van der Waals surface area contributed by atoms with Crippen LogP contribution in [0.4, 0.5) is 0 Å². The summed E-state index contributed by atoms with van der Waals surface area (Å²) in [6, 6.07) is 15.9. The van der Waals surface area contributed by atoms with Gasteiger partial charge in [-0.05, 0) is 42.3 Å². The van der Waals surface area contributed by atoms with Crippen molar-refractivity contribution in [3.8, 4) is 5.75 Å². The van der Waals surface area contributed by atoms with E-state index in [1.165, 1.54) is 0 Å². The number of carbonyl (C=O) groups is 1. The number of benzene rings is 2. The van der Waals surface area contributed by atoms with Crippen LogP contribution in [0, 0.1) is 0 Å². The highest BCUT2D eigenvalue weighted by Gasteiger charge is 2.27. The Hall–Kier alpha value is -2.40. The number of hydrogen-bond acceptors (Lipinski definition) is 4. The van der Waals surface area contributed by atoms with Gasteiger partial charge in [-0.2, -0.15) is 0 Å². The quantitative estimate of drug-likeness (QED) is 0.627. The number of nitrogens with zero attached hydrogens (tertiary/aromatic N) is 1. The molecule has 5 heteroatoms. The van der Waals surface area contributed by atoms with Gasteiger partial charge in [-0.15, -0.1) is 11.8 Å². The van der Waals surface area contributed by atoms with E-state index >= 15 is 0 Å². The third kappa shape index (κ3) is 3.69. The molecule has 2 heterocycles. The molecule has 1 unspecified atom stereocenters. The third-order valence-electron chi connectivity index (χ3n) is 4.89. The molecule has 0 radical (unpaired) electrons. The van der Waals surface area contributed by atoms with Crippen LogP contribution in [0.1, 0.15) is 34.7 Å². The van der Waals surface area contributed by atoms with E-state index in [1.54, 1.807) is 6.26 Å². The summed E-state index contributed by atoms with van der Waals surface area (Å²) in [4.78, 5) is 15.4. The van der Waals surface area contributed by atoms with Crippen LogP contribution < -0.4 is 4.74 Å².